The first kappa shape index (κ1) is 14.3. The summed E-state index contributed by atoms with van der Waals surface area (Å²) in [6.45, 7) is 7.97. The Morgan fingerprint density at radius 3 is 2.05 bits per heavy atom. The van der Waals surface area contributed by atoms with E-state index in [4.69, 9.17) is 4.74 Å². The van der Waals surface area contributed by atoms with Crippen LogP contribution in [-0.2, 0) is 10.2 Å². The number of esters is 1. The topological polar surface area (TPSA) is 26.3 Å². The Kier molecular flexibility index (Phi) is 3.93. The van der Waals surface area contributed by atoms with E-state index in [-0.39, 0.29) is 11.4 Å². The van der Waals surface area contributed by atoms with Crippen LogP contribution >= 0.6 is 0 Å². The van der Waals surface area contributed by atoms with Crippen molar-refractivity contribution in [2.24, 2.45) is 0 Å². The van der Waals surface area contributed by atoms with E-state index in [1.165, 1.54) is 12.5 Å². The summed E-state index contributed by atoms with van der Waals surface area (Å²) in [4.78, 5) is 11.3. The quantitative estimate of drug-likeness (QED) is 0.589. The second-order valence-corrected chi connectivity index (χ2v) is 5.89. The van der Waals surface area contributed by atoms with E-state index < -0.39 is 0 Å². The van der Waals surface area contributed by atoms with Crippen LogP contribution in [0, 0.1) is 0 Å². The fourth-order valence-electron chi connectivity index (χ4n) is 2.30. The molecule has 2 aromatic carbocycles. The Morgan fingerprint density at radius 1 is 0.900 bits per heavy atom. The summed E-state index contributed by atoms with van der Waals surface area (Å²) in [5, 5.41) is 0. The first-order chi connectivity index (χ1) is 9.39. The molecule has 0 aliphatic heterocycles. The van der Waals surface area contributed by atoms with Gasteiger partial charge in [0.25, 0.3) is 0 Å². The summed E-state index contributed by atoms with van der Waals surface area (Å²) in [7, 11) is 0. The van der Waals surface area contributed by atoms with Crippen LogP contribution in [0.15, 0.2) is 48.5 Å². The minimum absolute atomic E-state index is 0.0277. The number of para-hydroxylation sites is 1. The Bertz CT molecular complexity index is 621. The van der Waals surface area contributed by atoms with E-state index in [0.29, 0.717) is 5.75 Å². The Balaban J connectivity index is 2.61. The van der Waals surface area contributed by atoms with E-state index in [1.54, 1.807) is 0 Å². The van der Waals surface area contributed by atoms with Crippen molar-refractivity contribution >= 4 is 5.97 Å². The number of ether oxygens (including phenoxy) is 1. The summed E-state index contributed by atoms with van der Waals surface area (Å²) in [5.41, 5.74) is 3.32. The maximum absolute atomic E-state index is 11.3. The van der Waals surface area contributed by atoms with Gasteiger partial charge in [-0.15, -0.1) is 0 Å². The smallest absolute Gasteiger partial charge is 0.308 e. The molecular formula is C18H20O2. The molecule has 0 unspecified atom stereocenters. The standard InChI is InChI=1S/C18H20O2/c1-13(19)20-17-12-8-6-10-15(17)14-9-5-7-11-16(14)18(2,3)4/h5-12H,1-4H3. The minimum Gasteiger partial charge on any atom is -0.426 e. The van der Waals surface area contributed by atoms with Gasteiger partial charge in [0.2, 0.25) is 0 Å². The van der Waals surface area contributed by atoms with Gasteiger partial charge in [0.05, 0.1) is 0 Å². The monoisotopic (exact) mass is 268 g/mol. The Morgan fingerprint density at radius 2 is 1.45 bits per heavy atom. The predicted molar refractivity (Wildman–Crippen MR) is 81.9 cm³/mol. The summed E-state index contributed by atoms with van der Waals surface area (Å²) < 4.78 is 5.33. The third kappa shape index (κ3) is 3.08. The van der Waals surface area contributed by atoms with Gasteiger partial charge in [-0.2, -0.15) is 0 Å². The molecule has 104 valence electrons. The van der Waals surface area contributed by atoms with Crippen molar-refractivity contribution in [1.82, 2.24) is 0 Å². The molecular weight excluding hydrogens is 248 g/mol. The molecule has 0 aromatic heterocycles. The van der Waals surface area contributed by atoms with Gasteiger partial charge in [-0.05, 0) is 22.6 Å². The first-order valence-corrected chi connectivity index (χ1v) is 6.77. The van der Waals surface area contributed by atoms with Gasteiger partial charge in [-0.3, -0.25) is 4.79 Å². The molecule has 0 atom stereocenters. The van der Waals surface area contributed by atoms with Gasteiger partial charge in [-0.1, -0.05) is 63.2 Å². The van der Waals surface area contributed by atoms with Gasteiger partial charge in [-0.25, -0.2) is 0 Å². The molecule has 2 aromatic rings. The van der Waals surface area contributed by atoms with Gasteiger partial charge in [0.15, 0.2) is 0 Å². The number of hydrogen-bond donors (Lipinski definition) is 0. The first-order valence-electron chi connectivity index (χ1n) is 6.77. The maximum atomic E-state index is 11.3. The second-order valence-electron chi connectivity index (χ2n) is 5.89. The van der Waals surface area contributed by atoms with E-state index in [0.717, 1.165) is 11.1 Å². The van der Waals surface area contributed by atoms with Crippen molar-refractivity contribution < 1.29 is 9.53 Å². The van der Waals surface area contributed by atoms with E-state index in [1.807, 2.05) is 36.4 Å². The van der Waals surface area contributed by atoms with Crippen LogP contribution in [0.5, 0.6) is 5.75 Å². The van der Waals surface area contributed by atoms with Crippen LogP contribution in [0.4, 0.5) is 0 Å². The lowest BCUT2D eigenvalue weighted by molar-refractivity contribution is -0.131. The summed E-state index contributed by atoms with van der Waals surface area (Å²) in [6, 6.07) is 15.9. The number of carbonyl (C=O) groups excluding carboxylic acids is 1. The minimum atomic E-state index is -0.300. The fourth-order valence-corrected chi connectivity index (χ4v) is 2.30. The molecule has 0 heterocycles. The third-order valence-corrected chi connectivity index (χ3v) is 3.17. The molecule has 0 spiro atoms. The van der Waals surface area contributed by atoms with Crippen LogP contribution in [0.1, 0.15) is 33.3 Å². The van der Waals surface area contributed by atoms with Gasteiger partial charge < -0.3 is 4.74 Å². The molecule has 0 aliphatic carbocycles. The normalized spacial score (nSPS) is 11.2. The van der Waals surface area contributed by atoms with Crippen LogP contribution < -0.4 is 4.74 Å². The lowest BCUT2D eigenvalue weighted by Crippen LogP contribution is -2.13. The van der Waals surface area contributed by atoms with E-state index >= 15 is 0 Å². The highest BCUT2D eigenvalue weighted by molar-refractivity contribution is 5.78. The average molecular weight is 268 g/mol. The van der Waals surface area contributed by atoms with Crippen molar-refractivity contribution in [3.63, 3.8) is 0 Å². The maximum Gasteiger partial charge on any atom is 0.308 e. The molecule has 0 N–H and O–H groups in total. The van der Waals surface area contributed by atoms with Gasteiger partial charge >= 0.3 is 5.97 Å². The summed E-state index contributed by atoms with van der Waals surface area (Å²) in [5.74, 6) is 0.308. The Hall–Kier alpha value is -2.09. The summed E-state index contributed by atoms with van der Waals surface area (Å²) >= 11 is 0. The van der Waals surface area contributed by atoms with E-state index in [9.17, 15) is 4.79 Å². The van der Waals surface area contributed by atoms with Crippen LogP contribution in [0.25, 0.3) is 11.1 Å². The van der Waals surface area contributed by atoms with Crippen molar-refractivity contribution in [3.05, 3.63) is 54.1 Å². The lowest BCUT2D eigenvalue weighted by Gasteiger charge is -2.23. The molecule has 0 saturated heterocycles. The number of carbonyl (C=O) groups is 1. The zero-order chi connectivity index (χ0) is 14.8. The highest BCUT2D eigenvalue weighted by atomic mass is 16.5. The lowest BCUT2D eigenvalue weighted by atomic mass is 9.82. The van der Waals surface area contributed by atoms with Crippen molar-refractivity contribution in [2.45, 2.75) is 33.1 Å². The van der Waals surface area contributed by atoms with Crippen LogP contribution in [0.2, 0.25) is 0 Å². The molecule has 0 fully saturated rings. The summed E-state index contributed by atoms with van der Waals surface area (Å²) in [6.07, 6.45) is 0. The second kappa shape index (κ2) is 5.49. The van der Waals surface area contributed by atoms with Crippen molar-refractivity contribution in [3.8, 4) is 16.9 Å². The molecule has 0 bridgehead atoms. The van der Waals surface area contributed by atoms with Gasteiger partial charge in [0, 0.05) is 12.5 Å². The Labute approximate surface area is 120 Å². The zero-order valence-electron chi connectivity index (χ0n) is 12.4. The van der Waals surface area contributed by atoms with Gasteiger partial charge in [0.1, 0.15) is 5.75 Å². The molecule has 0 aliphatic rings. The van der Waals surface area contributed by atoms with Crippen molar-refractivity contribution in [1.29, 1.82) is 0 Å². The molecule has 2 heteroatoms. The molecule has 0 amide bonds. The predicted octanol–water partition coefficient (Wildman–Crippen LogP) is 4.58. The molecule has 20 heavy (non-hydrogen) atoms. The SMILES string of the molecule is CC(=O)Oc1ccccc1-c1ccccc1C(C)(C)C. The molecule has 2 nitrogen and oxygen atoms in total. The zero-order valence-corrected chi connectivity index (χ0v) is 12.4. The highest BCUT2D eigenvalue weighted by Crippen LogP contribution is 2.37. The van der Waals surface area contributed by atoms with Crippen LogP contribution in [0.3, 0.4) is 0 Å². The van der Waals surface area contributed by atoms with Crippen molar-refractivity contribution in [2.75, 3.05) is 0 Å². The average Bonchev–Trinajstić information content (AvgIpc) is 2.38. The molecule has 0 saturated carbocycles. The molecule has 0 radical (unpaired) electrons. The molecule has 2 rings (SSSR count). The number of hydrogen-bond acceptors (Lipinski definition) is 2. The third-order valence-electron chi connectivity index (χ3n) is 3.17. The van der Waals surface area contributed by atoms with E-state index in [2.05, 4.69) is 32.9 Å². The highest BCUT2D eigenvalue weighted by Gasteiger charge is 2.20. The number of rotatable bonds is 2. The number of benzene rings is 2. The largest absolute Gasteiger partial charge is 0.426 e. The van der Waals surface area contributed by atoms with Crippen LogP contribution in [-0.4, -0.2) is 5.97 Å². The fraction of sp³-hybridized carbons (Fsp3) is 0.278.